The summed E-state index contributed by atoms with van der Waals surface area (Å²) in [4.78, 5) is 14.3. The molecule has 1 atom stereocenters. The fraction of sp³-hybridized carbons (Fsp3) is 0.364. The van der Waals surface area contributed by atoms with Gasteiger partial charge in [0.25, 0.3) is 0 Å². The van der Waals surface area contributed by atoms with Crippen LogP contribution in [-0.2, 0) is 4.79 Å². The van der Waals surface area contributed by atoms with Crippen molar-refractivity contribution >= 4 is 11.6 Å². The number of aliphatic hydroxyl groups is 1. The highest BCUT2D eigenvalue weighted by atomic mass is 19.1. The van der Waals surface area contributed by atoms with Gasteiger partial charge in [-0.1, -0.05) is 38.1 Å². The van der Waals surface area contributed by atoms with Gasteiger partial charge in [0.05, 0.1) is 17.4 Å². The fourth-order valence-electron chi connectivity index (χ4n) is 2.97. The van der Waals surface area contributed by atoms with E-state index in [4.69, 9.17) is 5.26 Å². The summed E-state index contributed by atoms with van der Waals surface area (Å²) >= 11 is 0. The highest BCUT2D eigenvalue weighted by molar-refractivity contribution is 5.92. The summed E-state index contributed by atoms with van der Waals surface area (Å²) in [6.45, 7) is 5.68. The highest BCUT2D eigenvalue weighted by Crippen LogP contribution is 2.17. The number of halogens is 1. The largest absolute Gasteiger partial charge is 0.387 e. The molecule has 0 aliphatic rings. The molecule has 0 bridgehead atoms. The molecule has 1 amide bonds. The number of nitriles is 1. The van der Waals surface area contributed by atoms with E-state index in [1.54, 1.807) is 36.4 Å². The van der Waals surface area contributed by atoms with Gasteiger partial charge in [-0.05, 0) is 35.7 Å². The van der Waals surface area contributed by atoms with Crippen LogP contribution in [0.5, 0.6) is 0 Å². The van der Waals surface area contributed by atoms with Gasteiger partial charge in [-0.2, -0.15) is 5.26 Å². The lowest BCUT2D eigenvalue weighted by molar-refractivity contribution is -0.116. The molecule has 5 nitrogen and oxygen atoms in total. The molecule has 0 saturated heterocycles. The van der Waals surface area contributed by atoms with Gasteiger partial charge in [0.1, 0.15) is 11.9 Å². The first kappa shape index (κ1) is 21.5. The van der Waals surface area contributed by atoms with Gasteiger partial charge in [0, 0.05) is 26.1 Å². The summed E-state index contributed by atoms with van der Waals surface area (Å²) in [5.74, 6) is -0.167. The van der Waals surface area contributed by atoms with Crippen molar-refractivity contribution in [1.29, 1.82) is 5.26 Å². The standard InChI is InChI=1S/C22H26FN3O2/c1-16(2)14-26(15-21(27)17-7-9-19(23)10-8-17)12-11-22(28)25-20-6-4-3-5-18(20)13-24/h3-10,16,21,27H,11-12,14-15H2,1-2H3,(H,25,28). The summed E-state index contributed by atoms with van der Waals surface area (Å²) in [6.07, 6.45) is -0.524. The van der Waals surface area contributed by atoms with Gasteiger partial charge in [-0.3, -0.25) is 9.69 Å². The Kier molecular flexibility index (Phi) is 8.12. The molecule has 28 heavy (non-hydrogen) atoms. The Balaban J connectivity index is 1.95. The summed E-state index contributed by atoms with van der Waals surface area (Å²) < 4.78 is 13.1. The number of aliphatic hydroxyl groups excluding tert-OH is 1. The average Bonchev–Trinajstić information content (AvgIpc) is 2.66. The Morgan fingerprint density at radius 1 is 1.18 bits per heavy atom. The third-order valence-electron chi connectivity index (χ3n) is 4.29. The zero-order valence-electron chi connectivity index (χ0n) is 16.2. The molecule has 2 aromatic rings. The Labute approximate surface area is 165 Å². The van der Waals surface area contributed by atoms with Gasteiger partial charge in [-0.25, -0.2) is 4.39 Å². The lowest BCUT2D eigenvalue weighted by atomic mass is 10.1. The first-order valence-corrected chi connectivity index (χ1v) is 9.34. The Morgan fingerprint density at radius 2 is 1.86 bits per heavy atom. The monoisotopic (exact) mass is 383 g/mol. The number of carbonyl (C=O) groups is 1. The van der Waals surface area contributed by atoms with Crippen LogP contribution < -0.4 is 5.32 Å². The van der Waals surface area contributed by atoms with E-state index in [-0.39, 0.29) is 18.1 Å². The summed E-state index contributed by atoms with van der Waals surface area (Å²) in [6, 6.07) is 14.7. The molecule has 2 aromatic carbocycles. The van der Waals surface area contributed by atoms with Crippen LogP contribution in [0.2, 0.25) is 0 Å². The van der Waals surface area contributed by atoms with E-state index in [2.05, 4.69) is 25.2 Å². The second kappa shape index (κ2) is 10.5. The van der Waals surface area contributed by atoms with Crippen molar-refractivity contribution in [2.75, 3.05) is 25.0 Å². The maximum atomic E-state index is 13.1. The van der Waals surface area contributed by atoms with Crippen LogP contribution >= 0.6 is 0 Å². The Bertz CT molecular complexity index is 815. The molecule has 0 aromatic heterocycles. The second-order valence-electron chi connectivity index (χ2n) is 7.18. The summed E-state index contributed by atoms with van der Waals surface area (Å²) in [5, 5.41) is 22.3. The molecule has 0 fully saturated rings. The van der Waals surface area contributed by atoms with Crippen LogP contribution in [0.15, 0.2) is 48.5 Å². The van der Waals surface area contributed by atoms with E-state index in [1.165, 1.54) is 12.1 Å². The first-order valence-electron chi connectivity index (χ1n) is 9.34. The van der Waals surface area contributed by atoms with Crippen molar-refractivity contribution in [3.63, 3.8) is 0 Å². The average molecular weight is 383 g/mol. The quantitative estimate of drug-likeness (QED) is 0.692. The molecule has 0 spiro atoms. The molecule has 2 N–H and O–H groups in total. The number of hydrogen-bond acceptors (Lipinski definition) is 4. The van der Waals surface area contributed by atoms with Gasteiger partial charge in [0.2, 0.25) is 5.91 Å². The minimum absolute atomic E-state index is 0.187. The molecule has 0 heterocycles. The predicted octanol–water partition coefficient (Wildman–Crippen LogP) is 3.72. The van der Waals surface area contributed by atoms with Crippen LogP contribution in [0, 0.1) is 23.1 Å². The number of benzene rings is 2. The SMILES string of the molecule is CC(C)CN(CCC(=O)Nc1ccccc1C#N)CC(O)c1ccc(F)cc1. The zero-order valence-corrected chi connectivity index (χ0v) is 16.2. The minimum atomic E-state index is -0.762. The van der Waals surface area contributed by atoms with E-state index in [1.807, 2.05) is 4.90 Å². The van der Waals surface area contributed by atoms with Gasteiger partial charge < -0.3 is 10.4 Å². The number of hydrogen-bond donors (Lipinski definition) is 2. The number of nitrogens with zero attached hydrogens (tertiary/aromatic N) is 2. The normalized spacial score (nSPS) is 12.0. The molecule has 148 valence electrons. The van der Waals surface area contributed by atoms with Crippen LogP contribution in [0.4, 0.5) is 10.1 Å². The van der Waals surface area contributed by atoms with Crippen molar-refractivity contribution in [3.05, 3.63) is 65.5 Å². The topological polar surface area (TPSA) is 76.4 Å². The number of para-hydroxylation sites is 1. The van der Waals surface area contributed by atoms with Crippen molar-refractivity contribution < 1.29 is 14.3 Å². The maximum Gasteiger partial charge on any atom is 0.225 e. The Morgan fingerprint density at radius 3 is 2.50 bits per heavy atom. The Hall–Kier alpha value is -2.75. The molecule has 0 aliphatic carbocycles. The van der Waals surface area contributed by atoms with E-state index in [0.29, 0.717) is 35.8 Å². The van der Waals surface area contributed by atoms with Crippen molar-refractivity contribution in [1.82, 2.24) is 4.90 Å². The number of nitrogens with one attached hydrogen (secondary N) is 1. The number of amides is 1. The van der Waals surface area contributed by atoms with Crippen LogP contribution in [0.3, 0.4) is 0 Å². The van der Waals surface area contributed by atoms with Gasteiger partial charge in [-0.15, -0.1) is 0 Å². The van der Waals surface area contributed by atoms with Crippen LogP contribution in [-0.4, -0.2) is 35.5 Å². The van der Waals surface area contributed by atoms with Gasteiger partial charge in [0.15, 0.2) is 0 Å². The van der Waals surface area contributed by atoms with Crippen molar-refractivity contribution in [3.8, 4) is 6.07 Å². The zero-order chi connectivity index (χ0) is 20.5. The summed E-state index contributed by atoms with van der Waals surface area (Å²) in [7, 11) is 0. The van der Waals surface area contributed by atoms with Gasteiger partial charge >= 0.3 is 0 Å². The molecular formula is C22H26FN3O2. The molecule has 0 aliphatic heterocycles. The molecular weight excluding hydrogens is 357 g/mol. The maximum absolute atomic E-state index is 13.1. The molecule has 6 heteroatoms. The number of anilines is 1. The molecule has 0 saturated carbocycles. The van der Waals surface area contributed by atoms with E-state index in [0.717, 1.165) is 6.54 Å². The van der Waals surface area contributed by atoms with Crippen molar-refractivity contribution in [2.24, 2.45) is 5.92 Å². The number of carbonyl (C=O) groups excluding carboxylic acids is 1. The lowest BCUT2D eigenvalue weighted by Gasteiger charge is -2.26. The molecule has 0 radical (unpaired) electrons. The highest BCUT2D eigenvalue weighted by Gasteiger charge is 2.16. The summed E-state index contributed by atoms with van der Waals surface area (Å²) in [5.41, 5.74) is 1.56. The van der Waals surface area contributed by atoms with Crippen LogP contribution in [0.1, 0.15) is 37.5 Å². The fourth-order valence-corrected chi connectivity index (χ4v) is 2.97. The minimum Gasteiger partial charge on any atom is -0.387 e. The molecule has 2 rings (SSSR count). The number of rotatable bonds is 9. The van der Waals surface area contributed by atoms with E-state index < -0.39 is 6.10 Å². The third kappa shape index (κ3) is 6.76. The predicted molar refractivity (Wildman–Crippen MR) is 107 cm³/mol. The second-order valence-corrected chi connectivity index (χ2v) is 7.18. The van der Waals surface area contributed by atoms with E-state index in [9.17, 15) is 14.3 Å². The molecule has 1 unspecified atom stereocenters. The smallest absolute Gasteiger partial charge is 0.225 e. The van der Waals surface area contributed by atoms with E-state index >= 15 is 0 Å². The first-order chi connectivity index (χ1) is 13.4. The third-order valence-corrected chi connectivity index (χ3v) is 4.29. The van der Waals surface area contributed by atoms with Crippen LogP contribution in [0.25, 0.3) is 0 Å². The lowest BCUT2D eigenvalue weighted by Crippen LogP contribution is -2.34. The van der Waals surface area contributed by atoms with Crippen molar-refractivity contribution in [2.45, 2.75) is 26.4 Å².